The largest absolute Gasteiger partial charge is 0.298 e. The van der Waals surface area contributed by atoms with Crippen LogP contribution in [0.4, 0.5) is 0 Å². The molecule has 0 aliphatic heterocycles. The van der Waals surface area contributed by atoms with Crippen LogP contribution in [0, 0.1) is 0 Å². The Morgan fingerprint density at radius 2 is 2.00 bits per heavy atom. The lowest BCUT2D eigenvalue weighted by Gasteiger charge is -2.25. The topological polar surface area (TPSA) is 54.5 Å². The lowest BCUT2D eigenvalue weighted by Crippen LogP contribution is -2.40. The Bertz CT molecular complexity index is 337. The Kier molecular flexibility index (Phi) is 4.92. The highest BCUT2D eigenvalue weighted by Gasteiger charge is 2.24. The molecule has 1 aliphatic carbocycles. The van der Waals surface area contributed by atoms with Gasteiger partial charge >= 0.3 is 0 Å². The molecule has 0 amide bonds. The highest BCUT2D eigenvalue weighted by molar-refractivity contribution is 7.90. The number of nitrogens with zero attached hydrogens (tertiary/aromatic N) is 1. The monoisotopic (exact) mass is 247 g/mol. The number of Topliss-reactive ketones (excluding diaryl/α,β-unsaturated/α-hetero) is 1. The molecular weight excluding hydrogens is 226 g/mol. The molecule has 0 N–H and O–H groups in total. The average Bonchev–Trinajstić information content (AvgIpc) is 2.38. The fraction of sp³-hybridized carbons (Fsp3) is 0.909. The van der Waals surface area contributed by atoms with Crippen molar-refractivity contribution in [3.63, 3.8) is 0 Å². The Balaban J connectivity index is 2.51. The van der Waals surface area contributed by atoms with Crippen LogP contribution in [-0.4, -0.2) is 50.7 Å². The van der Waals surface area contributed by atoms with Gasteiger partial charge in [0.05, 0.1) is 11.8 Å². The van der Waals surface area contributed by atoms with Crippen molar-refractivity contribution in [1.82, 2.24) is 4.90 Å². The van der Waals surface area contributed by atoms with Gasteiger partial charge in [0.25, 0.3) is 0 Å². The van der Waals surface area contributed by atoms with Gasteiger partial charge in [0, 0.05) is 19.2 Å². The van der Waals surface area contributed by atoms with E-state index >= 15 is 0 Å². The van der Waals surface area contributed by atoms with E-state index in [0.29, 0.717) is 13.0 Å². The van der Waals surface area contributed by atoms with Gasteiger partial charge in [0.15, 0.2) is 0 Å². The lowest BCUT2D eigenvalue weighted by atomic mass is 10.1. The van der Waals surface area contributed by atoms with Gasteiger partial charge in [0.2, 0.25) is 0 Å². The van der Waals surface area contributed by atoms with Crippen molar-refractivity contribution in [1.29, 1.82) is 0 Å². The molecule has 0 aromatic rings. The maximum Gasteiger partial charge on any atom is 0.149 e. The van der Waals surface area contributed by atoms with Gasteiger partial charge in [0.1, 0.15) is 15.6 Å². The van der Waals surface area contributed by atoms with Crippen LogP contribution in [0.15, 0.2) is 0 Å². The minimum absolute atomic E-state index is 0.0655. The normalized spacial score (nSPS) is 23.4. The first-order chi connectivity index (χ1) is 7.40. The van der Waals surface area contributed by atoms with Crippen molar-refractivity contribution < 1.29 is 13.2 Å². The summed E-state index contributed by atoms with van der Waals surface area (Å²) in [7, 11) is -1.09. The first-order valence-electron chi connectivity index (χ1n) is 5.81. The molecule has 1 saturated carbocycles. The van der Waals surface area contributed by atoms with Crippen LogP contribution in [0.3, 0.4) is 0 Å². The predicted octanol–water partition coefficient (Wildman–Crippen LogP) is 0.865. The van der Waals surface area contributed by atoms with E-state index in [2.05, 4.69) is 0 Å². The summed E-state index contributed by atoms with van der Waals surface area (Å²) >= 11 is 0. The van der Waals surface area contributed by atoms with Gasteiger partial charge in [-0.1, -0.05) is 12.8 Å². The van der Waals surface area contributed by atoms with Gasteiger partial charge in [-0.15, -0.1) is 0 Å². The highest BCUT2D eigenvalue weighted by Crippen LogP contribution is 2.18. The fourth-order valence-electron chi connectivity index (χ4n) is 2.07. The summed E-state index contributed by atoms with van der Waals surface area (Å²) in [5.74, 6) is 0.404. The van der Waals surface area contributed by atoms with Crippen molar-refractivity contribution in [2.45, 2.75) is 38.1 Å². The molecule has 0 radical (unpaired) electrons. The predicted molar refractivity (Wildman–Crippen MR) is 64.2 cm³/mol. The van der Waals surface area contributed by atoms with E-state index in [1.54, 1.807) is 0 Å². The summed E-state index contributed by atoms with van der Waals surface area (Å²) in [5.41, 5.74) is 0. The average molecular weight is 247 g/mol. The van der Waals surface area contributed by atoms with Crippen LogP contribution in [-0.2, 0) is 14.6 Å². The molecule has 0 saturated heterocycles. The molecule has 1 atom stereocenters. The molecule has 1 aliphatic rings. The van der Waals surface area contributed by atoms with E-state index in [0.717, 1.165) is 25.7 Å². The highest BCUT2D eigenvalue weighted by atomic mass is 32.2. The summed E-state index contributed by atoms with van der Waals surface area (Å²) in [6.07, 6.45) is 5.92. The van der Waals surface area contributed by atoms with Crippen molar-refractivity contribution in [2.75, 3.05) is 25.6 Å². The minimum Gasteiger partial charge on any atom is -0.298 e. The number of rotatable bonds is 4. The molecule has 94 valence electrons. The van der Waals surface area contributed by atoms with Gasteiger partial charge in [-0.25, -0.2) is 8.42 Å². The first kappa shape index (κ1) is 13.6. The molecule has 4 nitrogen and oxygen atoms in total. The van der Waals surface area contributed by atoms with Crippen LogP contribution >= 0.6 is 0 Å². The Morgan fingerprint density at radius 1 is 1.31 bits per heavy atom. The zero-order chi connectivity index (χ0) is 12.2. The number of ketones is 1. The fourth-order valence-corrected chi connectivity index (χ4v) is 2.69. The summed E-state index contributed by atoms with van der Waals surface area (Å²) in [6.45, 7) is 0.454. The minimum atomic E-state index is -2.94. The van der Waals surface area contributed by atoms with E-state index in [-0.39, 0.29) is 17.6 Å². The second-order valence-corrected chi connectivity index (χ2v) is 6.95. The van der Waals surface area contributed by atoms with Crippen molar-refractivity contribution >= 4 is 15.6 Å². The quantitative estimate of drug-likeness (QED) is 0.692. The number of sulfone groups is 1. The maximum absolute atomic E-state index is 11.8. The maximum atomic E-state index is 11.8. The smallest absolute Gasteiger partial charge is 0.149 e. The molecule has 0 aromatic carbocycles. The van der Waals surface area contributed by atoms with Crippen LogP contribution in [0.25, 0.3) is 0 Å². The van der Waals surface area contributed by atoms with Gasteiger partial charge < -0.3 is 0 Å². The Hall–Kier alpha value is -0.420. The van der Waals surface area contributed by atoms with Crippen molar-refractivity contribution in [3.8, 4) is 0 Å². The second kappa shape index (κ2) is 5.77. The summed E-state index contributed by atoms with van der Waals surface area (Å²) in [5, 5.41) is 0. The van der Waals surface area contributed by atoms with Crippen LogP contribution in [0.2, 0.25) is 0 Å². The number of hydrogen-bond donors (Lipinski definition) is 0. The summed E-state index contributed by atoms with van der Waals surface area (Å²) in [4.78, 5) is 13.7. The summed E-state index contributed by atoms with van der Waals surface area (Å²) < 4.78 is 22.1. The molecule has 5 heteroatoms. The number of carbonyl (C=O) groups is 1. The lowest BCUT2D eigenvalue weighted by molar-refractivity contribution is -0.123. The van der Waals surface area contributed by atoms with Crippen molar-refractivity contribution in [3.05, 3.63) is 0 Å². The molecule has 0 aromatic heterocycles. The van der Waals surface area contributed by atoms with Crippen LogP contribution in [0.5, 0.6) is 0 Å². The van der Waals surface area contributed by atoms with Gasteiger partial charge in [-0.3, -0.25) is 9.69 Å². The van der Waals surface area contributed by atoms with Crippen molar-refractivity contribution in [2.24, 2.45) is 0 Å². The SMILES string of the molecule is CN(CCS(C)(=O)=O)C1CCCCCC1=O. The third kappa shape index (κ3) is 4.61. The van der Waals surface area contributed by atoms with Crippen LogP contribution in [0.1, 0.15) is 32.1 Å². The number of likely N-dealkylation sites (N-methyl/N-ethyl adjacent to an activating group) is 1. The van der Waals surface area contributed by atoms with E-state index in [4.69, 9.17) is 0 Å². The molecular formula is C11H21NO3S. The van der Waals surface area contributed by atoms with Gasteiger partial charge in [-0.05, 0) is 19.9 Å². The second-order valence-electron chi connectivity index (χ2n) is 4.69. The zero-order valence-electron chi connectivity index (χ0n) is 10.1. The van der Waals surface area contributed by atoms with E-state index < -0.39 is 9.84 Å². The Morgan fingerprint density at radius 3 is 2.62 bits per heavy atom. The van der Waals surface area contributed by atoms with Crippen LogP contribution < -0.4 is 0 Å². The Labute approximate surface area is 97.9 Å². The third-order valence-corrected chi connectivity index (χ3v) is 4.04. The molecule has 0 bridgehead atoms. The van der Waals surface area contributed by atoms with E-state index in [1.807, 2.05) is 11.9 Å². The molecule has 0 heterocycles. The van der Waals surface area contributed by atoms with Gasteiger partial charge in [-0.2, -0.15) is 0 Å². The summed E-state index contributed by atoms with van der Waals surface area (Å²) in [6, 6.07) is -0.0655. The number of carbonyl (C=O) groups excluding carboxylic acids is 1. The molecule has 16 heavy (non-hydrogen) atoms. The molecule has 1 rings (SSSR count). The van der Waals surface area contributed by atoms with E-state index in [1.165, 1.54) is 6.26 Å². The third-order valence-electron chi connectivity index (χ3n) is 3.12. The molecule has 0 spiro atoms. The zero-order valence-corrected chi connectivity index (χ0v) is 10.9. The standard InChI is InChI=1S/C11H21NO3S/c1-12(8-9-16(2,14)15)10-6-4-3-5-7-11(10)13/h10H,3-9H2,1-2H3. The molecule has 1 fully saturated rings. The number of hydrogen-bond acceptors (Lipinski definition) is 4. The first-order valence-corrected chi connectivity index (χ1v) is 7.87. The molecule has 1 unspecified atom stereocenters. The van der Waals surface area contributed by atoms with E-state index in [9.17, 15) is 13.2 Å².